The van der Waals surface area contributed by atoms with Crippen molar-refractivity contribution < 1.29 is 13.9 Å². The zero-order valence-corrected chi connectivity index (χ0v) is 14.8. The Morgan fingerprint density at radius 2 is 2.20 bits per heavy atom. The van der Waals surface area contributed by atoms with E-state index in [4.69, 9.17) is 4.74 Å². The number of hydrogen-bond donors (Lipinski definition) is 0. The van der Waals surface area contributed by atoms with Gasteiger partial charge in [0.05, 0.1) is 35.1 Å². The van der Waals surface area contributed by atoms with Crippen molar-refractivity contribution in [1.82, 2.24) is 24.5 Å². The summed E-state index contributed by atoms with van der Waals surface area (Å²) in [6, 6.07) is 4.39. The van der Waals surface area contributed by atoms with Crippen molar-refractivity contribution in [1.29, 1.82) is 0 Å². The molecule has 25 heavy (non-hydrogen) atoms. The predicted octanol–water partition coefficient (Wildman–Crippen LogP) is 2.57. The van der Waals surface area contributed by atoms with Gasteiger partial charge in [0, 0.05) is 17.8 Å². The van der Waals surface area contributed by atoms with Crippen LogP contribution in [0.25, 0.3) is 11.4 Å². The number of aromatic nitrogens is 5. The lowest BCUT2D eigenvalue weighted by atomic mass is 10.1. The first-order chi connectivity index (χ1) is 12.1. The number of carbonyl (C=O) groups is 1. The van der Waals surface area contributed by atoms with E-state index in [9.17, 15) is 9.18 Å². The summed E-state index contributed by atoms with van der Waals surface area (Å²) < 4.78 is 22.3. The Kier molecular flexibility index (Phi) is 3.87. The zero-order chi connectivity index (χ0) is 17.6. The molecule has 2 aromatic heterocycles. The summed E-state index contributed by atoms with van der Waals surface area (Å²) in [4.78, 5) is 16.5. The number of fused-ring (bicyclic) bond motifs is 5. The molecule has 0 spiro atoms. The van der Waals surface area contributed by atoms with Crippen LogP contribution in [0.3, 0.4) is 0 Å². The van der Waals surface area contributed by atoms with Crippen LogP contribution in [0, 0.1) is 5.82 Å². The molecule has 0 fully saturated rings. The minimum Gasteiger partial charge on any atom is -0.461 e. The Morgan fingerprint density at radius 3 is 2.96 bits per heavy atom. The molecule has 0 unspecified atom stereocenters. The highest BCUT2D eigenvalue weighted by atomic mass is 79.9. The molecule has 0 amide bonds. The Balaban J connectivity index is 1.99. The molecule has 0 saturated carbocycles. The fourth-order valence-electron chi connectivity index (χ4n) is 2.96. The van der Waals surface area contributed by atoms with Gasteiger partial charge in [-0.25, -0.2) is 18.9 Å². The number of alkyl halides is 1. The van der Waals surface area contributed by atoms with Crippen molar-refractivity contribution in [3.63, 3.8) is 0 Å². The van der Waals surface area contributed by atoms with Crippen LogP contribution < -0.4 is 0 Å². The van der Waals surface area contributed by atoms with E-state index in [1.807, 2.05) is 0 Å². The van der Waals surface area contributed by atoms with Crippen LogP contribution in [0.4, 0.5) is 4.39 Å². The van der Waals surface area contributed by atoms with E-state index in [2.05, 4.69) is 31.2 Å². The Bertz CT molecular complexity index is 981. The number of benzene rings is 1. The van der Waals surface area contributed by atoms with Gasteiger partial charge in [0.15, 0.2) is 5.69 Å². The predicted molar refractivity (Wildman–Crippen MR) is 89.8 cm³/mol. The summed E-state index contributed by atoms with van der Waals surface area (Å²) in [5.41, 5.74) is 3.61. The number of imidazole rings is 1. The number of nitrogens with zero attached hydrogens (tertiary/aromatic N) is 5. The second-order valence-electron chi connectivity index (χ2n) is 5.47. The van der Waals surface area contributed by atoms with E-state index in [0.29, 0.717) is 28.8 Å². The zero-order valence-electron chi connectivity index (χ0n) is 13.2. The van der Waals surface area contributed by atoms with Gasteiger partial charge in [0.1, 0.15) is 12.1 Å². The van der Waals surface area contributed by atoms with Crippen LogP contribution in [0.15, 0.2) is 24.5 Å². The minimum atomic E-state index is -0.485. The molecule has 4 rings (SSSR count). The summed E-state index contributed by atoms with van der Waals surface area (Å²) >= 11 is 3.39. The maximum Gasteiger partial charge on any atom is 0.358 e. The van der Waals surface area contributed by atoms with Crippen LogP contribution >= 0.6 is 15.9 Å². The van der Waals surface area contributed by atoms with Crippen LogP contribution in [-0.2, 0) is 16.5 Å². The summed E-state index contributed by atoms with van der Waals surface area (Å²) in [5.74, 6) is -0.865. The van der Waals surface area contributed by atoms with Gasteiger partial charge in [-0.1, -0.05) is 21.1 Å². The molecule has 128 valence electrons. The fraction of sp³-hybridized carbons (Fsp3) is 0.250. The molecule has 3 heterocycles. The second-order valence-corrected chi connectivity index (χ2v) is 6.03. The van der Waals surface area contributed by atoms with Crippen molar-refractivity contribution in [2.24, 2.45) is 0 Å². The van der Waals surface area contributed by atoms with Crippen molar-refractivity contribution in [2.45, 2.75) is 18.7 Å². The normalized spacial score (nSPS) is 12.1. The van der Waals surface area contributed by atoms with Crippen molar-refractivity contribution in [2.75, 3.05) is 6.61 Å². The van der Waals surface area contributed by atoms with Gasteiger partial charge in [0.25, 0.3) is 0 Å². The van der Waals surface area contributed by atoms with E-state index >= 15 is 0 Å². The highest BCUT2D eigenvalue weighted by Crippen LogP contribution is 2.31. The van der Waals surface area contributed by atoms with Gasteiger partial charge in [-0.3, -0.25) is 4.57 Å². The molecule has 9 heteroatoms. The SMILES string of the molecule is CCOC(=O)c1ncn2c1Cc1c(CBr)nnn1-c1cc(F)ccc1-2. The number of carbonyl (C=O) groups excluding carboxylic acids is 1. The van der Waals surface area contributed by atoms with E-state index in [1.54, 1.807) is 28.6 Å². The smallest absolute Gasteiger partial charge is 0.358 e. The van der Waals surface area contributed by atoms with Crippen LogP contribution in [0.2, 0.25) is 0 Å². The van der Waals surface area contributed by atoms with Crippen LogP contribution in [0.1, 0.15) is 34.5 Å². The molecular weight excluding hydrogens is 393 g/mol. The lowest BCUT2D eigenvalue weighted by molar-refractivity contribution is 0.0519. The first-order valence-electron chi connectivity index (χ1n) is 7.67. The van der Waals surface area contributed by atoms with Gasteiger partial charge < -0.3 is 4.74 Å². The molecule has 0 saturated heterocycles. The maximum atomic E-state index is 13.8. The van der Waals surface area contributed by atoms with Gasteiger partial charge in [-0.05, 0) is 19.1 Å². The van der Waals surface area contributed by atoms with Crippen LogP contribution in [-0.4, -0.2) is 37.1 Å². The lowest BCUT2D eigenvalue weighted by Gasteiger charge is -2.09. The highest BCUT2D eigenvalue weighted by molar-refractivity contribution is 9.08. The van der Waals surface area contributed by atoms with E-state index in [-0.39, 0.29) is 18.1 Å². The minimum absolute atomic E-state index is 0.243. The van der Waals surface area contributed by atoms with Crippen molar-refractivity contribution in [3.05, 3.63) is 53.1 Å². The molecule has 0 N–H and O–H groups in total. The third-order valence-electron chi connectivity index (χ3n) is 4.07. The molecule has 0 atom stereocenters. The standard InChI is InChI=1S/C16H13BrFN5O2/c1-2-25-16(24)15-14-6-12-10(7-17)20-21-23(12)13-5-9(18)3-4-11(13)22(14)8-19-15/h3-5,8H,2,6-7H2,1H3. The Labute approximate surface area is 150 Å². The molecule has 7 nitrogen and oxygen atoms in total. The van der Waals surface area contributed by atoms with Crippen molar-refractivity contribution in [3.8, 4) is 11.4 Å². The average molecular weight is 406 g/mol. The number of rotatable bonds is 3. The number of ether oxygens (including phenoxy) is 1. The summed E-state index contributed by atoms with van der Waals surface area (Å²) in [7, 11) is 0. The third kappa shape index (κ3) is 2.46. The number of halogens is 2. The fourth-order valence-corrected chi connectivity index (χ4v) is 3.39. The molecular formula is C16H13BrFN5O2. The molecule has 1 aliphatic heterocycles. The number of esters is 1. The molecule has 0 aliphatic carbocycles. The van der Waals surface area contributed by atoms with Gasteiger partial charge in [0.2, 0.25) is 0 Å². The summed E-state index contributed by atoms with van der Waals surface area (Å²) in [6.45, 7) is 2.01. The first kappa shape index (κ1) is 15.9. The largest absolute Gasteiger partial charge is 0.461 e. The summed E-state index contributed by atoms with van der Waals surface area (Å²) in [5, 5.41) is 8.81. The van der Waals surface area contributed by atoms with Gasteiger partial charge in [-0.15, -0.1) is 5.10 Å². The van der Waals surface area contributed by atoms with Crippen LogP contribution in [0.5, 0.6) is 0 Å². The Morgan fingerprint density at radius 1 is 1.36 bits per heavy atom. The third-order valence-corrected chi connectivity index (χ3v) is 4.60. The number of hydrogen-bond acceptors (Lipinski definition) is 5. The molecule has 3 aromatic rings. The average Bonchev–Trinajstić information content (AvgIpc) is 3.17. The first-order valence-corrected chi connectivity index (χ1v) is 8.79. The lowest BCUT2D eigenvalue weighted by Crippen LogP contribution is -2.10. The molecule has 0 radical (unpaired) electrons. The summed E-state index contributed by atoms with van der Waals surface area (Å²) in [6.07, 6.45) is 1.92. The van der Waals surface area contributed by atoms with E-state index in [1.165, 1.54) is 12.1 Å². The highest BCUT2D eigenvalue weighted by Gasteiger charge is 2.28. The topological polar surface area (TPSA) is 74.8 Å². The quantitative estimate of drug-likeness (QED) is 0.386. The molecule has 1 aliphatic rings. The second kappa shape index (κ2) is 6.07. The molecule has 0 bridgehead atoms. The maximum absolute atomic E-state index is 13.8. The van der Waals surface area contributed by atoms with Crippen molar-refractivity contribution >= 4 is 21.9 Å². The Hall–Kier alpha value is -2.55. The van der Waals surface area contributed by atoms with E-state index in [0.717, 1.165) is 11.4 Å². The monoisotopic (exact) mass is 405 g/mol. The van der Waals surface area contributed by atoms with Gasteiger partial charge in [-0.2, -0.15) is 0 Å². The van der Waals surface area contributed by atoms with E-state index < -0.39 is 5.97 Å². The molecule has 1 aromatic carbocycles. The van der Waals surface area contributed by atoms with Gasteiger partial charge >= 0.3 is 5.97 Å².